The van der Waals surface area contributed by atoms with Crippen LogP contribution in [0.5, 0.6) is 11.5 Å². The lowest BCUT2D eigenvalue weighted by Gasteiger charge is -2.03. The van der Waals surface area contributed by atoms with E-state index >= 15 is 0 Å². The molecule has 5 heteroatoms. The van der Waals surface area contributed by atoms with Gasteiger partial charge in [-0.2, -0.15) is 0 Å². The molecule has 0 saturated heterocycles. The molecular weight excluding hydrogens is 246 g/mol. The standard InChI is InChI=1S/C14H9NO4/c16-9-3-1-8(2-4-9)12-7-11(18)13-10(17)5-6-15-14(13)19-12/h1-7,16H,(H,15,17). The van der Waals surface area contributed by atoms with Crippen LogP contribution < -0.4 is 5.43 Å². The minimum atomic E-state index is -0.366. The monoisotopic (exact) mass is 255 g/mol. The maximum Gasteiger partial charge on any atom is 0.234 e. The molecule has 0 aliphatic rings. The van der Waals surface area contributed by atoms with Crippen LogP contribution in [0.25, 0.3) is 22.4 Å². The Hall–Kier alpha value is -2.82. The first kappa shape index (κ1) is 11.3. The van der Waals surface area contributed by atoms with Gasteiger partial charge in [-0.1, -0.05) is 0 Å². The zero-order valence-corrected chi connectivity index (χ0v) is 9.70. The Balaban J connectivity index is 2.27. The smallest absolute Gasteiger partial charge is 0.234 e. The van der Waals surface area contributed by atoms with Crippen molar-refractivity contribution in [2.45, 2.75) is 0 Å². The molecule has 1 aromatic carbocycles. The Morgan fingerprint density at radius 1 is 1.05 bits per heavy atom. The van der Waals surface area contributed by atoms with Gasteiger partial charge in [-0.3, -0.25) is 4.79 Å². The van der Waals surface area contributed by atoms with E-state index in [4.69, 9.17) is 4.42 Å². The van der Waals surface area contributed by atoms with Crippen LogP contribution in [0.2, 0.25) is 0 Å². The number of phenolic OH excluding ortho intramolecular Hbond substituents is 1. The van der Waals surface area contributed by atoms with Crippen molar-refractivity contribution in [2.24, 2.45) is 0 Å². The van der Waals surface area contributed by atoms with Crippen molar-refractivity contribution in [3.8, 4) is 22.8 Å². The average molecular weight is 255 g/mol. The van der Waals surface area contributed by atoms with Gasteiger partial charge in [0.15, 0.2) is 5.43 Å². The quantitative estimate of drug-likeness (QED) is 0.696. The van der Waals surface area contributed by atoms with Gasteiger partial charge in [-0.15, -0.1) is 0 Å². The molecule has 0 spiro atoms. The topological polar surface area (TPSA) is 83.6 Å². The molecule has 2 heterocycles. The van der Waals surface area contributed by atoms with Gasteiger partial charge in [-0.05, 0) is 30.3 Å². The lowest BCUT2D eigenvalue weighted by Crippen LogP contribution is -2.01. The summed E-state index contributed by atoms with van der Waals surface area (Å²) in [5.74, 6) is 0.300. The van der Waals surface area contributed by atoms with Crippen LogP contribution in [-0.2, 0) is 0 Å². The fourth-order valence-corrected chi connectivity index (χ4v) is 1.83. The Labute approximate surface area is 107 Å². The van der Waals surface area contributed by atoms with Crippen LogP contribution in [0, 0.1) is 0 Å². The van der Waals surface area contributed by atoms with Gasteiger partial charge in [0, 0.05) is 17.8 Å². The fraction of sp³-hybridized carbons (Fsp3) is 0. The van der Waals surface area contributed by atoms with Gasteiger partial charge in [0.05, 0.1) is 0 Å². The minimum absolute atomic E-state index is 0.0602. The molecule has 0 radical (unpaired) electrons. The molecule has 0 fully saturated rings. The number of aromatic hydroxyl groups is 2. The molecule has 0 aliphatic carbocycles. The van der Waals surface area contributed by atoms with Crippen LogP contribution in [0.4, 0.5) is 0 Å². The number of hydrogen-bond acceptors (Lipinski definition) is 5. The number of hydrogen-bond donors (Lipinski definition) is 2. The van der Waals surface area contributed by atoms with Crippen molar-refractivity contribution in [1.29, 1.82) is 0 Å². The second kappa shape index (κ2) is 4.13. The molecule has 0 unspecified atom stereocenters. The lowest BCUT2D eigenvalue weighted by atomic mass is 10.1. The highest BCUT2D eigenvalue weighted by atomic mass is 16.3. The third kappa shape index (κ3) is 1.91. The van der Waals surface area contributed by atoms with Crippen molar-refractivity contribution in [2.75, 3.05) is 0 Å². The Kier molecular flexibility index (Phi) is 2.45. The third-order valence-electron chi connectivity index (χ3n) is 2.76. The van der Waals surface area contributed by atoms with E-state index in [1.807, 2.05) is 0 Å². The van der Waals surface area contributed by atoms with Gasteiger partial charge in [0.1, 0.15) is 22.6 Å². The third-order valence-corrected chi connectivity index (χ3v) is 2.76. The van der Waals surface area contributed by atoms with E-state index in [-0.39, 0.29) is 28.0 Å². The fourth-order valence-electron chi connectivity index (χ4n) is 1.83. The minimum Gasteiger partial charge on any atom is -0.508 e. The molecule has 0 aliphatic heterocycles. The summed E-state index contributed by atoms with van der Waals surface area (Å²) < 4.78 is 5.50. The second-order valence-corrected chi connectivity index (χ2v) is 4.03. The molecule has 0 bridgehead atoms. The van der Waals surface area contributed by atoms with E-state index in [2.05, 4.69) is 4.98 Å². The van der Waals surface area contributed by atoms with Crippen molar-refractivity contribution in [3.63, 3.8) is 0 Å². The molecule has 5 nitrogen and oxygen atoms in total. The zero-order chi connectivity index (χ0) is 13.4. The number of pyridine rings is 1. The Bertz CT molecular complexity index is 806. The number of benzene rings is 1. The SMILES string of the molecule is O=c1cc(-c2ccc(O)cc2)oc2nccc(O)c12. The number of aromatic nitrogens is 1. The maximum atomic E-state index is 12.0. The van der Waals surface area contributed by atoms with E-state index in [1.54, 1.807) is 12.1 Å². The van der Waals surface area contributed by atoms with Crippen LogP contribution in [0.15, 0.2) is 51.8 Å². The summed E-state index contributed by atoms with van der Waals surface area (Å²) in [6, 6.07) is 8.87. The second-order valence-electron chi connectivity index (χ2n) is 4.03. The molecule has 94 valence electrons. The van der Waals surface area contributed by atoms with Gasteiger partial charge in [0.25, 0.3) is 0 Å². The van der Waals surface area contributed by atoms with Crippen molar-refractivity contribution in [1.82, 2.24) is 4.98 Å². The van der Waals surface area contributed by atoms with Crippen molar-refractivity contribution >= 4 is 11.1 Å². The van der Waals surface area contributed by atoms with Crippen LogP contribution >= 0.6 is 0 Å². The maximum absolute atomic E-state index is 12.0. The molecule has 0 saturated carbocycles. The van der Waals surface area contributed by atoms with Gasteiger partial charge in [-0.25, -0.2) is 4.98 Å². The highest BCUT2D eigenvalue weighted by Gasteiger charge is 2.10. The van der Waals surface area contributed by atoms with E-state index in [0.717, 1.165) is 0 Å². The average Bonchev–Trinajstić information content (AvgIpc) is 2.39. The highest BCUT2D eigenvalue weighted by Crippen LogP contribution is 2.25. The number of rotatable bonds is 1. The zero-order valence-electron chi connectivity index (χ0n) is 9.70. The van der Waals surface area contributed by atoms with E-state index in [1.165, 1.54) is 30.5 Å². The van der Waals surface area contributed by atoms with Crippen LogP contribution in [-0.4, -0.2) is 15.2 Å². The first-order valence-corrected chi connectivity index (χ1v) is 5.56. The molecular formula is C14H9NO4. The lowest BCUT2D eigenvalue weighted by molar-refractivity contribution is 0.475. The highest BCUT2D eigenvalue weighted by molar-refractivity contribution is 5.81. The summed E-state index contributed by atoms with van der Waals surface area (Å²) in [7, 11) is 0. The predicted molar refractivity (Wildman–Crippen MR) is 69.0 cm³/mol. The summed E-state index contributed by atoms with van der Waals surface area (Å²) in [5, 5.41) is 18.9. The molecule has 19 heavy (non-hydrogen) atoms. The summed E-state index contributed by atoms with van der Waals surface area (Å²) in [4.78, 5) is 15.9. The van der Waals surface area contributed by atoms with Crippen molar-refractivity contribution < 1.29 is 14.6 Å². The molecule has 2 N–H and O–H groups in total. The first-order chi connectivity index (χ1) is 9.15. The first-order valence-electron chi connectivity index (χ1n) is 5.56. The van der Waals surface area contributed by atoms with Gasteiger partial charge in [0.2, 0.25) is 5.71 Å². The van der Waals surface area contributed by atoms with Crippen LogP contribution in [0.1, 0.15) is 0 Å². The Morgan fingerprint density at radius 2 is 1.79 bits per heavy atom. The Morgan fingerprint density at radius 3 is 2.53 bits per heavy atom. The van der Waals surface area contributed by atoms with E-state index in [9.17, 15) is 15.0 Å². The largest absolute Gasteiger partial charge is 0.508 e. The molecule has 0 amide bonds. The number of phenols is 1. The molecule has 3 rings (SSSR count). The number of nitrogens with zero attached hydrogens (tertiary/aromatic N) is 1. The predicted octanol–water partition coefficient (Wildman–Crippen LogP) is 2.27. The van der Waals surface area contributed by atoms with E-state index < -0.39 is 0 Å². The summed E-state index contributed by atoms with van der Waals surface area (Å²) in [6.07, 6.45) is 1.36. The van der Waals surface area contributed by atoms with Gasteiger partial charge >= 0.3 is 0 Å². The summed E-state index contributed by atoms with van der Waals surface area (Å²) in [5.41, 5.74) is 0.354. The number of fused-ring (bicyclic) bond motifs is 1. The molecule has 2 aromatic heterocycles. The van der Waals surface area contributed by atoms with Crippen LogP contribution in [0.3, 0.4) is 0 Å². The van der Waals surface area contributed by atoms with Gasteiger partial charge < -0.3 is 14.6 Å². The summed E-state index contributed by atoms with van der Waals surface area (Å²) >= 11 is 0. The van der Waals surface area contributed by atoms with E-state index in [0.29, 0.717) is 11.3 Å². The normalized spacial score (nSPS) is 10.7. The van der Waals surface area contributed by atoms with Crippen molar-refractivity contribution in [3.05, 3.63) is 52.8 Å². The summed E-state index contributed by atoms with van der Waals surface area (Å²) in [6.45, 7) is 0. The molecule has 0 atom stereocenters. The molecule has 3 aromatic rings.